The molecule has 0 radical (unpaired) electrons. The third-order valence-corrected chi connectivity index (χ3v) is 7.14. The Morgan fingerprint density at radius 2 is 1.27 bits per heavy atom. The number of unbranched alkanes of at least 4 members (excludes halogenated alkanes) is 9. The number of carbonyl (C=O) groups is 3. The van der Waals surface area contributed by atoms with Crippen molar-refractivity contribution in [1.82, 2.24) is 0 Å². The van der Waals surface area contributed by atoms with E-state index in [1.165, 1.54) is 19.3 Å². The quantitative estimate of drug-likeness (QED) is 0.0358. The maximum absolute atomic E-state index is 12.4. The number of carboxylic acid groups (broad SMARTS) is 1. The Morgan fingerprint density at radius 3 is 1.91 bits per heavy atom. The van der Waals surface area contributed by atoms with Crippen LogP contribution in [-0.2, 0) is 37.5 Å². The first-order valence-corrected chi connectivity index (χ1v) is 17.2. The highest BCUT2D eigenvalue weighted by Crippen LogP contribution is 2.43. The smallest absolute Gasteiger partial charge is 0.472 e. The van der Waals surface area contributed by atoms with E-state index in [-0.39, 0.29) is 19.4 Å². The summed E-state index contributed by atoms with van der Waals surface area (Å²) in [6, 6.07) is -1.53. The maximum atomic E-state index is 12.4. The zero-order chi connectivity index (χ0) is 32.9. The Morgan fingerprint density at radius 1 is 0.727 bits per heavy atom. The third-order valence-electron chi connectivity index (χ3n) is 6.19. The number of aliphatic carboxylic acids is 1. The van der Waals surface area contributed by atoms with Crippen molar-refractivity contribution < 1.29 is 47.5 Å². The fourth-order valence-electron chi connectivity index (χ4n) is 3.66. The number of ether oxygens (including phenoxy) is 2. The standard InChI is InChI=1S/C32H54NO10P/c1-3-5-7-9-11-12-13-14-15-16-18-20-22-24-31(35)43-28(26-41-44(38,39)42-27-29(33)32(36)37)25-40-30(34)23-21-19-17-10-8-6-4-2/h5,7,9,11-15,28-29H,3-4,6,8,10,16-27,33H2,1-2H3,(H,36,37)(H,38,39)/b7-5+,11-9+,13-12+,15-14+/t28?,29-/m0/s1. The van der Waals surface area contributed by atoms with Crippen molar-refractivity contribution in [1.29, 1.82) is 0 Å². The Bertz CT molecular complexity index is 947. The molecule has 0 heterocycles. The molecule has 0 fully saturated rings. The topological polar surface area (TPSA) is 172 Å². The van der Waals surface area contributed by atoms with Gasteiger partial charge in [-0.2, -0.15) is 0 Å². The molecule has 0 bridgehead atoms. The van der Waals surface area contributed by atoms with Crippen molar-refractivity contribution in [3.63, 3.8) is 0 Å². The molecule has 0 saturated carbocycles. The first kappa shape index (κ1) is 41.4. The molecule has 11 nitrogen and oxygen atoms in total. The molecule has 3 atom stereocenters. The lowest BCUT2D eigenvalue weighted by Crippen LogP contribution is -2.34. The molecule has 4 N–H and O–H groups in total. The fraction of sp³-hybridized carbons (Fsp3) is 0.656. The summed E-state index contributed by atoms with van der Waals surface area (Å²) in [6.07, 6.45) is 26.5. The number of esters is 2. The van der Waals surface area contributed by atoms with Gasteiger partial charge in [0.05, 0.1) is 13.2 Å². The SMILES string of the molecule is CC/C=C/C=C/C=C/C=C/CCCCCC(=O)OC(COC(=O)CCCCCCCCC)COP(=O)(O)OC[C@H](N)C(=O)O. The lowest BCUT2D eigenvalue weighted by Gasteiger charge is -2.20. The van der Waals surface area contributed by atoms with Gasteiger partial charge in [-0.3, -0.25) is 23.4 Å². The summed E-state index contributed by atoms with van der Waals surface area (Å²) in [6.45, 7) is 2.50. The first-order valence-electron chi connectivity index (χ1n) is 15.7. The van der Waals surface area contributed by atoms with E-state index in [9.17, 15) is 23.8 Å². The van der Waals surface area contributed by atoms with Gasteiger partial charge in [-0.15, -0.1) is 0 Å². The lowest BCUT2D eigenvalue weighted by molar-refractivity contribution is -0.161. The highest BCUT2D eigenvalue weighted by molar-refractivity contribution is 7.47. The molecule has 0 aromatic rings. The van der Waals surface area contributed by atoms with Crippen molar-refractivity contribution in [2.75, 3.05) is 19.8 Å². The summed E-state index contributed by atoms with van der Waals surface area (Å²) in [7, 11) is -4.71. The van der Waals surface area contributed by atoms with Gasteiger partial charge in [-0.25, -0.2) is 4.57 Å². The number of nitrogens with two attached hydrogens (primary N) is 1. The first-order chi connectivity index (χ1) is 21.1. The van der Waals surface area contributed by atoms with E-state index in [4.69, 9.17) is 24.8 Å². The number of phosphoric acid groups is 1. The number of carboxylic acids is 1. The molecule has 0 aromatic carbocycles. The number of hydrogen-bond acceptors (Lipinski definition) is 9. The Hall–Kier alpha value is -2.56. The average molecular weight is 644 g/mol. The molecule has 12 heteroatoms. The number of hydrogen-bond donors (Lipinski definition) is 3. The Labute approximate surface area is 263 Å². The van der Waals surface area contributed by atoms with Gasteiger partial charge in [-0.1, -0.05) is 107 Å². The van der Waals surface area contributed by atoms with Crippen molar-refractivity contribution in [2.45, 2.75) is 116 Å². The molecule has 0 saturated heterocycles. The van der Waals surface area contributed by atoms with Crippen LogP contribution in [0, 0.1) is 0 Å². The molecule has 0 amide bonds. The second kappa shape index (κ2) is 28.0. The normalized spacial score (nSPS) is 14.8. The third kappa shape index (κ3) is 27.0. The van der Waals surface area contributed by atoms with Crippen LogP contribution in [0.15, 0.2) is 48.6 Å². The van der Waals surface area contributed by atoms with Crippen LogP contribution >= 0.6 is 7.82 Å². The molecule has 44 heavy (non-hydrogen) atoms. The highest BCUT2D eigenvalue weighted by Gasteiger charge is 2.28. The highest BCUT2D eigenvalue weighted by atomic mass is 31.2. The summed E-state index contributed by atoms with van der Waals surface area (Å²) in [5.41, 5.74) is 5.28. The van der Waals surface area contributed by atoms with Gasteiger partial charge in [0.25, 0.3) is 0 Å². The lowest BCUT2D eigenvalue weighted by atomic mass is 10.1. The maximum Gasteiger partial charge on any atom is 0.472 e. The number of rotatable bonds is 28. The largest absolute Gasteiger partial charge is 0.480 e. The predicted molar refractivity (Wildman–Crippen MR) is 171 cm³/mol. The average Bonchev–Trinajstić information content (AvgIpc) is 2.99. The minimum absolute atomic E-state index is 0.114. The molecule has 2 unspecified atom stereocenters. The summed E-state index contributed by atoms with van der Waals surface area (Å²) in [5, 5.41) is 8.80. The van der Waals surface area contributed by atoms with Crippen LogP contribution in [0.2, 0.25) is 0 Å². The number of allylic oxidation sites excluding steroid dienone is 8. The van der Waals surface area contributed by atoms with Gasteiger partial charge < -0.3 is 25.2 Å². The molecule has 0 aliphatic rings. The van der Waals surface area contributed by atoms with Gasteiger partial charge in [-0.05, 0) is 32.1 Å². The summed E-state index contributed by atoms with van der Waals surface area (Å²) >= 11 is 0. The van der Waals surface area contributed by atoms with E-state index in [0.29, 0.717) is 12.8 Å². The van der Waals surface area contributed by atoms with Crippen LogP contribution in [0.5, 0.6) is 0 Å². The summed E-state index contributed by atoms with van der Waals surface area (Å²) in [4.78, 5) is 45.3. The van der Waals surface area contributed by atoms with E-state index in [1.54, 1.807) is 0 Å². The van der Waals surface area contributed by atoms with Crippen molar-refractivity contribution in [3.05, 3.63) is 48.6 Å². The van der Waals surface area contributed by atoms with E-state index >= 15 is 0 Å². The molecule has 0 aliphatic carbocycles. The van der Waals surface area contributed by atoms with Crippen LogP contribution in [0.25, 0.3) is 0 Å². The molecular weight excluding hydrogens is 589 g/mol. The molecule has 0 aliphatic heterocycles. The fourth-order valence-corrected chi connectivity index (χ4v) is 4.44. The van der Waals surface area contributed by atoms with Crippen molar-refractivity contribution >= 4 is 25.7 Å². The van der Waals surface area contributed by atoms with Crippen LogP contribution < -0.4 is 5.73 Å². The monoisotopic (exact) mass is 643 g/mol. The van der Waals surface area contributed by atoms with E-state index in [1.807, 2.05) is 36.5 Å². The van der Waals surface area contributed by atoms with E-state index in [0.717, 1.165) is 44.9 Å². The molecule has 0 aromatic heterocycles. The van der Waals surface area contributed by atoms with Crippen LogP contribution in [0.4, 0.5) is 0 Å². The molecule has 252 valence electrons. The molecular formula is C32H54NO10P. The van der Waals surface area contributed by atoms with Gasteiger partial charge in [0, 0.05) is 12.8 Å². The predicted octanol–water partition coefficient (Wildman–Crippen LogP) is 6.71. The summed E-state index contributed by atoms with van der Waals surface area (Å²) in [5.74, 6) is -2.45. The van der Waals surface area contributed by atoms with E-state index in [2.05, 4.69) is 30.5 Å². The molecule has 0 rings (SSSR count). The second-order valence-corrected chi connectivity index (χ2v) is 11.8. The van der Waals surface area contributed by atoms with Gasteiger partial charge in [0.15, 0.2) is 6.10 Å². The molecule has 0 spiro atoms. The van der Waals surface area contributed by atoms with Crippen LogP contribution in [0.1, 0.15) is 104 Å². The Balaban J connectivity index is 4.63. The second-order valence-electron chi connectivity index (χ2n) is 10.3. The summed E-state index contributed by atoms with van der Waals surface area (Å²) < 4.78 is 32.2. The minimum Gasteiger partial charge on any atom is -0.480 e. The number of carbonyl (C=O) groups excluding carboxylic acids is 2. The minimum atomic E-state index is -4.71. The van der Waals surface area contributed by atoms with Crippen LogP contribution in [0.3, 0.4) is 0 Å². The number of phosphoric ester groups is 1. The van der Waals surface area contributed by atoms with Gasteiger partial charge in [0.2, 0.25) is 0 Å². The van der Waals surface area contributed by atoms with Gasteiger partial charge >= 0.3 is 25.7 Å². The van der Waals surface area contributed by atoms with Gasteiger partial charge in [0.1, 0.15) is 12.6 Å². The van der Waals surface area contributed by atoms with E-state index < -0.39 is 51.1 Å². The Kier molecular flexibility index (Phi) is 26.3. The zero-order valence-corrected chi connectivity index (χ0v) is 27.4. The van der Waals surface area contributed by atoms with Crippen LogP contribution in [-0.4, -0.2) is 59.9 Å². The van der Waals surface area contributed by atoms with Crippen molar-refractivity contribution in [3.8, 4) is 0 Å². The zero-order valence-electron chi connectivity index (χ0n) is 26.5. The van der Waals surface area contributed by atoms with Crippen molar-refractivity contribution in [2.24, 2.45) is 5.73 Å².